The maximum absolute atomic E-state index is 11.0. The van der Waals surface area contributed by atoms with Gasteiger partial charge in [0.25, 0.3) is 6.01 Å². The number of nitrogens with zero attached hydrogens (tertiary/aromatic N) is 2. The minimum atomic E-state index is 0.112. The van der Waals surface area contributed by atoms with Gasteiger partial charge in [-0.15, -0.1) is 0 Å². The summed E-state index contributed by atoms with van der Waals surface area (Å²) in [7, 11) is 0. The molecule has 1 aromatic carbocycles. The molecule has 88 valence electrons. The molecule has 0 unspecified atom stereocenters. The minimum Gasteiger partial charge on any atom is -0.424 e. The molecule has 0 aliphatic carbocycles. The largest absolute Gasteiger partial charge is 0.424 e. The van der Waals surface area contributed by atoms with Crippen molar-refractivity contribution >= 4 is 23.0 Å². The molecule has 5 heteroatoms. The van der Waals surface area contributed by atoms with Gasteiger partial charge < -0.3 is 14.6 Å². The number of oxazole rings is 1. The summed E-state index contributed by atoms with van der Waals surface area (Å²) in [4.78, 5) is 17.1. The molecule has 2 heterocycles. The van der Waals surface area contributed by atoms with Gasteiger partial charge in [-0.05, 0) is 12.1 Å². The van der Waals surface area contributed by atoms with Crippen LogP contribution in [0.3, 0.4) is 0 Å². The molecule has 0 radical (unpaired) electrons. The van der Waals surface area contributed by atoms with Crippen molar-refractivity contribution in [3.05, 3.63) is 24.3 Å². The van der Waals surface area contributed by atoms with Crippen molar-refractivity contribution in [1.82, 2.24) is 9.88 Å². The van der Waals surface area contributed by atoms with Gasteiger partial charge in [-0.2, -0.15) is 4.98 Å². The van der Waals surface area contributed by atoms with Crippen LogP contribution in [-0.4, -0.2) is 34.9 Å². The molecule has 1 aliphatic rings. The van der Waals surface area contributed by atoms with Crippen LogP contribution in [0.4, 0.5) is 6.01 Å². The lowest BCUT2D eigenvalue weighted by Crippen LogP contribution is -2.56. The molecule has 5 nitrogen and oxygen atoms in total. The predicted molar refractivity (Wildman–Crippen MR) is 63.7 cm³/mol. The fourth-order valence-corrected chi connectivity index (χ4v) is 1.94. The Bertz CT molecular complexity index is 525. The number of para-hydroxylation sites is 2. The van der Waals surface area contributed by atoms with E-state index in [1.807, 2.05) is 24.3 Å². The van der Waals surface area contributed by atoms with Gasteiger partial charge >= 0.3 is 0 Å². The first kappa shape index (κ1) is 10.1. The summed E-state index contributed by atoms with van der Waals surface area (Å²) in [5, 5.41) is 3.18. The van der Waals surface area contributed by atoms with Gasteiger partial charge in [0, 0.05) is 20.0 Å². The zero-order chi connectivity index (χ0) is 11.8. The third kappa shape index (κ3) is 1.84. The van der Waals surface area contributed by atoms with E-state index in [2.05, 4.69) is 10.3 Å². The molecule has 0 bridgehead atoms. The third-order valence-electron chi connectivity index (χ3n) is 2.95. The van der Waals surface area contributed by atoms with E-state index in [1.165, 1.54) is 0 Å². The van der Waals surface area contributed by atoms with Crippen LogP contribution >= 0.6 is 0 Å². The molecular formula is C12H13N3O2. The second kappa shape index (κ2) is 3.76. The Kier molecular flexibility index (Phi) is 2.24. The lowest BCUT2D eigenvalue weighted by molar-refractivity contribution is -0.132. The number of hydrogen-bond donors (Lipinski definition) is 1. The molecule has 1 aliphatic heterocycles. The first-order valence-electron chi connectivity index (χ1n) is 5.60. The summed E-state index contributed by atoms with van der Waals surface area (Å²) >= 11 is 0. The van der Waals surface area contributed by atoms with Crippen molar-refractivity contribution in [2.45, 2.75) is 13.0 Å². The fourth-order valence-electron chi connectivity index (χ4n) is 1.94. The fraction of sp³-hybridized carbons (Fsp3) is 0.333. The number of anilines is 1. The summed E-state index contributed by atoms with van der Waals surface area (Å²) in [5.41, 5.74) is 1.62. The number of nitrogens with one attached hydrogen (secondary N) is 1. The Morgan fingerprint density at radius 3 is 2.94 bits per heavy atom. The normalized spacial score (nSPS) is 15.9. The van der Waals surface area contributed by atoms with Crippen LogP contribution in [0, 0.1) is 0 Å². The van der Waals surface area contributed by atoms with E-state index in [1.54, 1.807) is 11.8 Å². The van der Waals surface area contributed by atoms with Crippen molar-refractivity contribution in [3.8, 4) is 0 Å². The first-order chi connectivity index (χ1) is 8.22. The highest BCUT2D eigenvalue weighted by atomic mass is 16.4. The molecule has 1 aromatic heterocycles. The second-order valence-electron chi connectivity index (χ2n) is 4.25. The summed E-state index contributed by atoms with van der Waals surface area (Å²) in [6.07, 6.45) is 0. The Balaban J connectivity index is 1.68. The van der Waals surface area contributed by atoms with Gasteiger partial charge in [0.2, 0.25) is 5.91 Å². The molecule has 0 spiro atoms. The van der Waals surface area contributed by atoms with E-state index in [-0.39, 0.29) is 11.9 Å². The maximum atomic E-state index is 11.0. The van der Waals surface area contributed by atoms with Gasteiger partial charge in [0.15, 0.2) is 5.58 Å². The van der Waals surface area contributed by atoms with E-state index in [4.69, 9.17) is 4.42 Å². The molecule has 3 rings (SSSR count). The van der Waals surface area contributed by atoms with Crippen LogP contribution < -0.4 is 5.32 Å². The van der Waals surface area contributed by atoms with Crippen LogP contribution in [0.15, 0.2) is 28.7 Å². The molecule has 1 amide bonds. The number of likely N-dealkylation sites (tertiary alicyclic amines) is 1. The number of carbonyl (C=O) groups excluding carboxylic acids is 1. The van der Waals surface area contributed by atoms with Crippen molar-refractivity contribution in [3.63, 3.8) is 0 Å². The smallest absolute Gasteiger partial charge is 0.296 e. The Morgan fingerprint density at radius 2 is 2.24 bits per heavy atom. The number of amides is 1. The van der Waals surface area contributed by atoms with Crippen LogP contribution in [0.5, 0.6) is 0 Å². The predicted octanol–water partition coefficient (Wildman–Crippen LogP) is 1.47. The van der Waals surface area contributed by atoms with E-state index < -0.39 is 0 Å². The van der Waals surface area contributed by atoms with Crippen molar-refractivity contribution in [2.24, 2.45) is 0 Å². The Labute approximate surface area is 98.4 Å². The standard InChI is InChI=1S/C12H13N3O2/c1-8(16)15-6-9(7-15)13-12-14-10-4-2-3-5-11(10)17-12/h2-5,9H,6-7H2,1H3,(H,13,14). The van der Waals surface area contributed by atoms with Gasteiger partial charge in [-0.1, -0.05) is 12.1 Å². The minimum absolute atomic E-state index is 0.112. The van der Waals surface area contributed by atoms with Crippen molar-refractivity contribution < 1.29 is 9.21 Å². The quantitative estimate of drug-likeness (QED) is 0.850. The number of carbonyl (C=O) groups is 1. The molecule has 1 fully saturated rings. The highest BCUT2D eigenvalue weighted by Gasteiger charge is 2.29. The van der Waals surface area contributed by atoms with Crippen LogP contribution in [0.2, 0.25) is 0 Å². The number of fused-ring (bicyclic) bond motifs is 1. The second-order valence-corrected chi connectivity index (χ2v) is 4.25. The van der Waals surface area contributed by atoms with Gasteiger partial charge in [-0.3, -0.25) is 4.79 Å². The number of aromatic nitrogens is 1. The Hall–Kier alpha value is -2.04. The van der Waals surface area contributed by atoms with Crippen molar-refractivity contribution in [2.75, 3.05) is 18.4 Å². The lowest BCUT2D eigenvalue weighted by atomic mass is 10.1. The maximum Gasteiger partial charge on any atom is 0.296 e. The monoisotopic (exact) mass is 231 g/mol. The number of hydrogen-bond acceptors (Lipinski definition) is 4. The van der Waals surface area contributed by atoms with Gasteiger partial charge in [0.05, 0.1) is 6.04 Å². The van der Waals surface area contributed by atoms with E-state index in [0.29, 0.717) is 19.1 Å². The summed E-state index contributed by atoms with van der Waals surface area (Å²) < 4.78 is 5.54. The third-order valence-corrected chi connectivity index (χ3v) is 2.95. The zero-order valence-corrected chi connectivity index (χ0v) is 9.51. The first-order valence-corrected chi connectivity index (χ1v) is 5.60. The highest BCUT2D eigenvalue weighted by molar-refractivity contribution is 5.75. The molecule has 17 heavy (non-hydrogen) atoms. The summed E-state index contributed by atoms with van der Waals surface area (Å²) in [5.74, 6) is 0.112. The van der Waals surface area contributed by atoms with E-state index in [9.17, 15) is 4.79 Å². The molecule has 1 N–H and O–H groups in total. The molecular weight excluding hydrogens is 218 g/mol. The molecule has 0 atom stereocenters. The van der Waals surface area contributed by atoms with Crippen molar-refractivity contribution in [1.29, 1.82) is 0 Å². The average molecular weight is 231 g/mol. The average Bonchev–Trinajstić information content (AvgIpc) is 2.64. The van der Waals surface area contributed by atoms with Crippen LogP contribution in [-0.2, 0) is 4.79 Å². The highest BCUT2D eigenvalue weighted by Crippen LogP contribution is 2.20. The molecule has 2 aromatic rings. The van der Waals surface area contributed by atoms with Crippen LogP contribution in [0.25, 0.3) is 11.1 Å². The van der Waals surface area contributed by atoms with E-state index in [0.717, 1.165) is 11.1 Å². The van der Waals surface area contributed by atoms with Gasteiger partial charge in [-0.25, -0.2) is 0 Å². The Morgan fingerprint density at radius 1 is 1.47 bits per heavy atom. The molecule has 0 saturated carbocycles. The zero-order valence-electron chi connectivity index (χ0n) is 9.51. The summed E-state index contributed by atoms with van der Waals surface area (Å²) in [6.45, 7) is 3.01. The number of benzene rings is 1. The molecule has 1 saturated heterocycles. The van der Waals surface area contributed by atoms with Gasteiger partial charge in [0.1, 0.15) is 5.52 Å². The van der Waals surface area contributed by atoms with Crippen LogP contribution in [0.1, 0.15) is 6.92 Å². The lowest BCUT2D eigenvalue weighted by Gasteiger charge is -2.38. The SMILES string of the molecule is CC(=O)N1CC(Nc2nc3ccccc3o2)C1. The topological polar surface area (TPSA) is 58.4 Å². The number of rotatable bonds is 2. The van der Waals surface area contributed by atoms with E-state index >= 15 is 0 Å². The summed E-state index contributed by atoms with van der Waals surface area (Å²) in [6, 6.07) is 8.41.